The number of amides is 1. The van der Waals surface area contributed by atoms with Gasteiger partial charge in [0, 0.05) is 23.0 Å². The number of benzene rings is 3. The molecule has 2 aromatic heterocycles. The number of hydrogen-bond acceptors (Lipinski definition) is 4. The fourth-order valence-corrected chi connectivity index (χ4v) is 3.86. The highest BCUT2D eigenvalue weighted by atomic mass is 16.4. The molecule has 7 nitrogen and oxygen atoms in total. The van der Waals surface area contributed by atoms with Gasteiger partial charge in [-0.25, -0.2) is 9.78 Å². The minimum atomic E-state index is -0.983. The van der Waals surface area contributed by atoms with E-state index in [1.54, 1.807) is 18.4 Å². The van der Waals surface area contributed by atoms with E-state index < -0.39 is 5.97 Å². The number of hydrogen-bond donors (Lipinski definition) is 2. The number of carboxylic acids is 1. The zero-order valence-electron chi connectivity index (χ0n) is 18.1. The molecule has 0 atom stereocenters. The van der Waals surface area contributed by atoms with Crippen molar-refractivity contribution >= 4 is 22.8 Å². The van der Waals surface area contributed by atoms with Crippen LogP contribution in [0.3, 0.4) is 0 Å². The number of nitrogens with one attached hydrogen (secondary N) is 1. The monoisotopic (exact) mass is 451 g/mol. The lowest BCUT2D eigenvalue weighted by Gasteiger charge is -2.10. The fraction of sp³-hybridized carbons (Fsp3) is 0.0741. The second-order valence-corrected chi connectivity index (χ2v) is 7.87. The number of aromatic carboxylic acids is 1. The molecule has 0 bridgehead atoms. The van der Waals surface area contributed by atoms with Crippen molar-refractivity contribution in [2.24, 2.45) is 0 Å². The maximum Gasteiger partial charge on any atom is 0.335 e. The average molecular weight is 451 g/mol. The first-order valence-corrected chi connectivity index (χ1v) is 10.8. The smallest absolute Gasteiger partial charge is 0.335 e. The standard InChI is InChI=1S/C27H21N3O4/c31-25(28-15-18-10-12-20(13-11-18)27(32)33)24-14-21-8-4-5-9-23(21)30(24)16-22-17-34-26(29-22)19-6-2-1-3-7-19/h1-14,17H,15-16H2,(H,28,31)(H,32,33). The highest BCUT2D eigenvalue weighted by Crippen LogP contribution is 2.23. The number of carbonyl (C=O) groups excluding carboxylic acids is 1. The van der Waals surface area contributed by atoms with Crippen molar-refractivity contribution in [2.45, 2.75) is 13.1 Å². The molecule has 0 aliphatic carbocycles. The van der Waals surface area contributed by atoms with Gasteiger partial charge in [-0.05, 0) is 42.0 Å². The van der Waals surface area contributed by atoms with E-state index in [9.17, 15) is 9.59 Å². The molecule has 34 heavy (non-hydrogen) atoms. The number of nitrogens with zero attached hydrogens (tertiary/aromatic N) is 2. The van der Waals surface area contributed by atoms with Crippen LogP contribution in [0, 0.1) is 0 Å². The van der Waals surface area contributed by atoms with Gasteiger partial charge in [0.2, 0.25) is 5.89 Å². The Hall–Kier alpha value is -4.65. The normalized spacial score (nSPS) is 10.9. The zero-order chi connectivity index (χ0) is 23.5. The maximum absolute atomic E-state index is 13.1. The molecule has 2 heterocycles. The van der Waals surface area contributed by atoms with Crippen molar-refractivity contribution in [2.75, 3.05) is 0 Å². The van der Waals surface area contributed by atoms with Crippen molar-refractivity contribution in [3.8, 4) is 11.5 Å². The van der Waals surface area contributed by atoms with Gasteiger partial charge in [0.1, 0.15) is 12.0 Å². The second-order valence-electron chi connectivity index (χ2n) is 7.87. The third-order valence-corrected chi connectivity index (χ3v) is 5.59. The van der Waals surface area contributed by atoms with Crippen molar-refractivity contribution < 1.29 is 19.1 Å². The van der Waals surface area contributed by atoms with E-state index >= 15 is 0 Å². The molecule has 0 aliphatic rings. The van der Waals surface area contributed by atoms with E-state index in [4.69, 9.17) is 9.52 Å². The largest absolute Gasteiger partial charge is 0.478 e. The number of para-hydroxylation sites is 1. The highest BCUT2D eigenvalue weighted by molar-refractivity contribution is 5.98. The van der Waals surface area contributed by atoms with E-state index in [0.717, 1.165) is 22.0 Å². The lowest BCUT2D eigenvalue weighted by molar-refractivity contribution is 0.0696. The van der Waals surface area contributed by atoms with Gasteiger partial charge in [-0.15, -0.1) is 0 Å². The number of oxazole rings is 1. The van der Waals surface area contributed by atoms with E-state index in [2.05, 4.69) is 10.3 Å². The lowest BCUT2D eigenvalue weighted by Crippen LogP contribution is -2.25. The number of carboxylic acid groups (broad SMARTS) is 1. The zero-order valence-corrected chi connectivity index (χ0v) is 18.1. The molecule has 2 N–H and O–H groups in total. The summed E-state index contributed by atoms with van der Waals surface area (Å²) in [6, 6.07) is 25.7. The molecule has 5 aromatic rings. The summed E-state index contributed by atoms with van der Waals surface area (Å²) >= 11 is 0. The fourth-order valence-electron chi connectivity index (χ4n) is 3.86. The van der Waals surface area contributed by atoms with Crippen LogP contribution in [0.15, 0.2) is 95.6 Å². The maximum atomic E-state index is 13.1. The first kappa shape index (κ1) is 21.2. The number of aromatic nitrogens is 2. The molecule has 5 rings (SSSR count). The molecule has 168 valence electrons. The van der Waals surface area contributed by atoms with Gasteiger partial charge >= 0.3 is 5.97 Å². The lowest BCUT2D eigenvalue weighted by atomic mass is 10.1. The van der Waals surface area contributed by atoms with Crippen LogP contribution in [0.2, 0.25) is 0 Å². The van der Waals surface area contributed by atoms with Crippen molar-refractivity contribution in [3.05, 3.63) is 114 Å². The van der Waals surface area contributed by atoms with Gasteiger partial charge in [-0.1, -0.05) is 48.5 Å². The van der Waals surface area contributed by atoms with Crippen LogP contribution in [0.4, 0.5) is 0 Å². The predicted molar refractivity (Wildman–Crippen MR) is 128 cm³/mol. The molecular weight excluding hydrogens is 430 g/mol. The topological polar surface area (TPSA) is 97.4 Å². The summed E-state index contributed by atoms with van der Waals surface area (Å²) in [5.41, 5.74) is 4.04. The van der Waals surface area contributed by atoms with Gasteiger partial charge in [0.05, 0.1) is 17.8 Å². The predicted octanol–water partition coefficient (Wildman–Crippen LogP) is 4.97. The number of rotatable bonds is 7. The van der Waals surface area contributed by atoms with Gasteiger partial charge in [-0.2, -0.15) is 0 Å². The summed E-state index contributed by atoms with van der Waals surface area (Å²) in [5.74, 6) is -0.684. The van der Waals surface area contributed by atoms with E-state index in [-0.39, 0.29) is 18.0 Å². The molecule has 1 amide bonds. The van der Waals surface area contributed by atoms with Crippen LogP contribution in [0.1, 0.15) is 32.1 Å². The molecule has 7 heteroatoms. The molecule has 0 radical (unpaired) electrons. The molecule has 0 spiro atoms. The minimum absolute atomic E-state index is 0.206. The summed E-state index contributed by atoms with van der Waals surface area (Å²) in [6.07, 6.45) is 1.61. The molecule has 0 saturated heterocycles. The van der Waals surface area contributed by atoms with Crippen LogP contribution in [-0.4, -0.2) is 26.5 Å². The summed E-state index contributed by atoms with van der Waals surface area (Å²) < 4.78 is 7.60. The van der Waals surface area contributed by atoms with E-state index in [1.165, 1.54) is 12.1 Å². The Morgan fingerprint density at radius 1 is 0.941 bits per heavy atom. The minimum Gasteiger partial charge on any atom is -0.478 e. The molecule has 3 aromatic carbocycles. The van der Waals surface area contributed by atoms with Crippen LogP contribution >= 0.6 is 0 Å². The van der Waals surface area contributed by atoms with Crippen molar-refractivity contribution in [1.29, 1.82) is 0 Å². The van der Waals surface area contributed by atoms with Crippen LogP contribution < -0.4 is 5.32 Å². The third kappa shape index (κ3) is 4.31. The first-order chi connectivity index (χ1) is 16.6. The van der Waals surface area contributed by atoms with Crippen LogP contribution in [0.25, 0.3) is 22.4 Å². The Bertz CT molecular complexity index is 1470. The molecule has 0 unspecified atom stereocenters. The second kappa shape index (κ2) is 9.07. The average Bonchev–Trinajstić information content (AvgIpc) is 3.49. The molecular formula is C27H21N3O4. The summed E-state index contributed by atoms with van der Waals surface area (Å²) in [7, 11) is 0. The Kier molecular flexibility index (Phi) is 5.66. The van der Waals surface area contributed by atoms with Crippen molar-refractivity contribution in [3.63, 3.8) is 0 Å². The van der Waals surface area contributed by atoms with Gasteiger partial charge in [0.15, 0.2) is 0 Å². The molecule has 0 aliphatic heterocycles. The highest BCUT2D eigenvalue weighted by Gasteiger charge is 2.17. The Labute approximate surface area is 195 Å². The summed E-state index contributed by atoms with van der Waals surface area (Å²) in [6.45, 7) is 0.655. The van der Waals surface area contributed by atoms with Gasteiger partial charge in [-0.3, -0.25) is 4.79 Å². The van der Waals surface area contributed by atoms with Crippen molar-refractivity contribution in [1.82, 2.24) is 14.9 Å². The summed E-state index contributed by atoms with van der Waals surface area (Å²) in [4.78, 5) is 28.8. The van der Waals surface area contributed by atoms with E-state index in [0.29, 0.717) is 23.8 Å². The van der Waals surface area contributed by atoms with Gasteiger partial charge < -0.3 is 19.4 Å². The molecule has 0 fully saturated rings. The van der Waals surface area contributed by atoms with Crippen LogP contribution in [0.5, 0.6) is 0 Å². The van der Waals surface area contributed by atoms with E-state index in [1.807, 2.05) is 65.2 Å². The molecule has 0 saturated carbocycles. The first-order valence-electron chi connectivity index (χ1n) is 10.8. The number of fused-ring (bicyclic) bond motifs is 1. The summed E-state index contributed by atoms with van der Waals surface area (Å²) in [5, 5.41) is 12.9. The van der Waals surface area contributed by atoms with Gasteiger partial charge in [0.25, 0.3) is 5.91 Å². The SMILES string of the molecule is O=C(O)c1ccc(CNC(=O)c2cc3ccccc3n2Cc2coc(-c3ccccc3)n2)cc1. The quantitative estimate of drug-likeness (QED) is 0.364. The Morgan fingerprint density at radius 3 is 2.44 bits per heavy atom. The Balaban J connectivity index is 1.39. The number of carbonyl (C=O) groups is 2. The Morgan fingerprint density at radius 2 is 1.68 bits per heavy atom. The third-order valence-electron chi connectivity index (χ3n) is 5.59. The van der Waals surface area contributed by atoms with Crippen LogP contribution in [-0.2, 0) is 13.1 Å².